The predicted molar refractivity (Wildman–Crippen MR) is 106 cm³/mol. The fraction of sp³-hybridized carbons (Fsp3) is 0.333. The van der Waals surface area contributed by atoms with Crippen molar-refractivity contribution in [1.29, 1.82) is 0 Å². The number of H-pyrrole nitrogens is 1. The summed E-state index contributed by atoms with van der Waals surface area (Å²) in [7, 11) is 0. The SMILES string of the molecule is O=c1[nH]c(C2CC2)nc2c1CN(Cc1ccc(-c3ccc(Br)cc3)o1)CC2. The molecule has 2 aliphatic rings. The molecule has 0 atom stereocenters. The minimum Gasteiger partial charge on any atom is -0.460 e. The van der Waals surface area contributed by atoms with Gasteiger partial charge in [-0.25, -0.2) is 4.98 Å². The van der Waals surface area contributed by atoms with Gasteiger partial charge in [0.15, 0.2) is 0 Å². The molecule has 27 heavy (non-hydrogen) atoms. The number of nitrogens with zero attached hydrogens (tertiary/aromatic N) is 2. The molecule has 1 N–H and O–H groups in total. The average molecular weight is 426 g/mol. The second-order valence-electron chi connectivity index (χ2n) is 7.38. The van der Waals surface area contributed by atoms with Gasteiger partial charge in [0.25, 0.3) is 5.56 Å². The molecule has 0 saturated heterocycles. The molecule has 0 spiro atoms. The number of halogens is 1. The van der Waals surface area contributed by atoms with Crippen LogP contribution in [0.15, 0.2) is 50.1 Å². The van der Waals surface area contributed by atoms with Crippen LogP contribution >= 0.6 is 15.9 Å². The first kappa shape index (κ1) is 17.0. The molecule has 1 aromatic carbocycles. The number of aromatic amines is 1. The summed E-state index contributed by atoms with van der Waals surface area (Å²) in [5.74, 6) is 3.14. The summed E-state index contributed by atoms with van der Waals surface area (Å²) in [6.45, 7) is 2.21. The van der Waals surface area contributed by atoms with Gasteiger partial charge in [0.1, 0.15) is 17.3 Å². The molecule has 6 heteroatoms. The highest BCUT2D eigenvalue weighted by molar-refractivity contribution is 9.10. The largest absolute Gasteiger partial charge is 0.460 e. The minimum absolute atomic E-state index is 0.0293. The Hall–Kier alpha value is -2.18. The predicted octanol–water partition coefficient (Wildman–Crippen LogP) is 4.23. The van der Waals surface area contributed by atoms with Crippen LogP contribution in [-0.4, -0.2) is 21.4 Å². The number of hydrogen-bond acceptors (Lipinski definition) is 4. The monoisotopic (exact) mass is 425 g/mol. The van der Waals surface area contributed by atoms with Gasteiger partial charge in [-0.3, -0.25) is 9.69 Å². The maximum absolute atomic E-state index is 12.5. The third-order valence-electron chi connectivity index (χ3n) is 5.30. The van der Waals surface area contributed by atoms with Gasteiger partial charge in [0.2, 0.25) is 0 Å². The third-order valence-corrected chi connectivity index (χ3v) is 5.83. The van der Waals surface area contributed by atoms with Crippen LogP contribution in [0.1, 0.15) is 41.6 Å². The first-order chi connectivity index (χ1) is 13.2. The summed E-state index contributed by atoms with van der Waals surface area (Å²) in [5.41, 5.74) is 2.88. The number of nitrogens with one attached hydrogen (secondary N) is 1. The van der Waals surface area contributed by atoms with Crippen LogP contribution in [-0.2, 0) is 19.5 Å². The number of hydrogen-bond donors (Lipinski definition) is 1. The molecule has 0 radical (unpaired) electrons. The number of furan rings is 1. The van der Waals surface area contributed by atoms with Crippen molar-refractivity contribution < 1.29 is 4.42 Å². The Labute approximate surface area is 165 Å². The van der Waals surface area contributed by atoms with Crippen molar-refractivity contribution in [3.05, 3.63) is 74.1 Å². The first-order valence-electron chi connectivity index (χ1n) is 9.35. The molecule has 0 bridgehead atoms. The van der Waals surface area contributed by atoms with E-state index in [4.69, 9.17) is 9.40 Å². The Morgan fingerprint density at radius 2 is 2.00 bits per heavy atom. The van der Waals surface area contributed by atoms with Crippen LogP contribution in [0.5, 0.6) is 0 Å². The van der Waals surface area contributed by atoms with Gasteiger partial charge >= 0.3 is 0 Å². The van der Waals surface area contributed by atoms with E-state index in [9.17, 15) is 4.79 Å². The lowest BCUT2D eigenvalue weighted by Gasteiger charge is -2.26. The fourth-order valence-electron chi connectivity index (χ4n) is 3.64. The van der Waals surface area contributed by atoms with E-state index < -0.39 is 0 Å². The molecular formula is C21H20BrN3O2. The number of aromatic nitrogens is 2. The van der Waals surface area contributed by atoms with Crippen LogP contribution in [0.2, 0.25) is 0 Å². The van der Waals surface area contributed by atoms with Crippen LogP contribution in [0.25, 0.3) is 11.3 Å². The maximum Gasteiger partial charge on any atom is 0.255 e. The highest BCUT2D eigenvalue weighted by Gasteiger charge is 2.29. The van der Waals surface area contributed by atoms with Crippen molar-refractivity contribution in [3.8, 4) is 11.3 Å². The Kier molecular flexibility index (Phi) is 4.25. The third kappa shape index (κ3) is 3.51. The number of fused-ring (bicyclic) bond motifs is 1. The highest BCUT2D eigenvalue weighted by Crippen LogP contribution is 2.37. The molecular weight excluding hydrogens is 406 g/mol. The normalized spacial score (nSPS) is 17.1. The Morgan fingerprint density at radius 3 is 2.78 bits per heavy atom. The smallest absolute Gasteiger partial charge is 0.255 e. The molecule has 3 aromatic rings. The second-order valence-corrected chi connectivity index (χ2v) is 8.30. The van der Waals surface area contributed by atoms with Gasteiger partial charge in [0.05, 0.1) is 17.8 Å². The molecule has 138 valence electrons. The summed E-state index contributed by atoms with van der Waals surface area (Å²) in [6.07, 6.45) is 3.11. The number of rotatable bonds is 4. The number of benzene rings is 1. The van der Waals surface area contributed by atoms with Crippen molar-refractivity contribution in [1.82, 2.24) is 14.9 Å². The minimum atomic E-state index is 0.0293. The lowest BCUT2D eigenvalue weighted by Crippen LogP contribution is -2.35. The molecule has 5 nitrogen and oxygen atoms in total. The molecule has 2 aromatic heterocycles. The van der Waals surface area contributed by atoms with E-state index in [0.29, 0.717) is 19.0 Å². The average Bonchev–Trinajstić information content (AvgIpc) is 3.42. The Bertz CT molecular complexity index is 1030. The van der Waals surface area contributed by atoms with Crippen molar-refractivity contribution in [3.63, 3.8) is 0 Å². The van der Waals surface area contributed by atoms with E-state index in [-0.39, 0.29) is 5.56 Å². The molecule has 1 aliphatic carbocycles. The fourth-order valence-corrected chi connectivity index (χ4v) is 3.90. The highest BCUT2D eigenvalue weighted by atomic mass is 79.9. The summed E-state index contributed by atoms with van der Waals surface area (Å²) < 4.78 is 7.08. The Morgan fingerprint density at radius 1 is 1.19 bits per heavy atom. The van der Waals surface area contributed by atoms with Gasteiger partial charge in [-0.1, -0.05) is 28.1 Å². The van der Waals surface area contributed by atoms with E-state index in [0.717, 1.165) is 64.4 Å². The topological polar surface area (TPSA) is 62.1 Å². The summed E-state index contributed by atoms with van der Waals surface area (Å²) in [6, 6.07) is 12.1. The second kappa shape index (κ2) is 6.77. The van der Waals surface area contributed by atoms with Gasteiger partial charge < -0.3 is 9.40 Å². The standard InChI is InChI=1S/C21H20BrN3O2/c22-15-5-3-13(4-6-15)19-8-7-16(27-19)11-25-10-9-18-17(12-25)21(26)24-20(23-18)14-1-2-14/h3-8,14H,1-2,9-12H2,(H,23,24,26). The van der Waals surface area contributed by atoms with E-state index >= 15 is 0 Å². The van der Waals surface area contributed by atoms with Crippen LogP contribution in [0.4, 0.5) is 0 Å². The van der Waals surface area contributed by atoms with Crippen LogP contribution < -0.4 is 5.56 Å². The van der Waals surface area contributed by atoms with Gasteiger partial charge in [-0.15, -0.1) is 0 Å². The van der Waals surface area contributed by atoms with E-state index in [1.165, 1.54) is 0 Å². The zero-order valence-corrected chi connectivity index (χ0v) is 16.5. The lowest BCUT2D eigenvalue weighted by atomic mass is 10.1. The Balaban J connectivity index is 1.31. The van der Waals surface area contributed by atoms with E-state index in [1.807, 2.05) is 36.4 Å². The molecule has 3 heterocycles. The quantitative estimate of drug-likeness (QED) is 0.679. The summed E-state index contributed by atoms with van der Waals surface area (Å²) in [5, 5.41) is 0. The summed E-state index contributed by atoms with van der Waals surface area (Å²) >= 11 is 3.45. The molecule has 5 rings (SSSR count). The first-order valence-corrected chi connectivity index (χ1v) is 10.1. The van der Waals surface area contributed by atoms with Crippen molar-refractivity contribution in [2.24, 2.45) is 0 Å². The van der Waals surface area contributed by atoms with Gasteiger partial charge in [-0.05, 0) is 37.1 Å². The molecule has 0 amide bonds. The van der Waals surface area contributed by atoms with Crippen molar-refractivity contribution >= 4 is 15.9 Å². The summed E-state index contributed by atoms with van der Waals surface area (Å²) in [4.78, 5) is 22.4. The van der Waals surface area contributed by atoms with Gasteiger partial charge in [-0.2, -0.15) is 0 Å². The van der Waals surface area contributed by atoms with Crippen molar-refractivity contribution in [2.45, 2.75) is 38.3 Å². The molecule has 0 unspecified atom stereocenters. The molecule has 1 fully saturated rings. The lowest BCUT2D eigenvalue weighted by molar-refractivity contribution is 0.223. The van der Waals surface area contributed by atoms with Crippen LogP contribution in [0.3, 0.4) is 0 Å². The van der Waals surface area contributed by atoms with Gasteiger partial charge in [0, 0.05) is 35.5 Å². The molecule has 1 saturated carbocycles. The zero-order chi connectivity index (χ0) is 18.4. The van der Waals surface area contributed by atoms with Crippen LogP contribution in [0, 0.1) is 0 Å². The van der Waals surface area contributed by atoms with E-state index in [1.54, 1.807) is 0 Å². The van der Waals surface area contributed by atoms with Crippen molar-refractivity contribution in [2.75, 3.05) is 6.54 Å². The molecule has 1 aliphatic heterocycles. The van der Waals surface area contributed by atoms with E-state index in [2.05, 4.69) is 25.8 Å². The zero-order valence-electron chi connectivity index (χ0n) is 14.9. The maximum atomic E-state index is 12.5.